The molecule has 14 heavy (non-hydrogen) atoms. The summed E-state index contributed by atoms with van der Waals surface area (Å²) in [5.41, 5.74) is 1.11. The molecule has 0 saturated carbocycles. The summed E-state index contributed by atoms with van der Waals surface area (Å²) in [5, 5.41) is 16.1. The van der Waals surface area contributed by atoms with E-state index < -0.39 is 0 Å². The molecule has 1 atom stereocenters. The van der Waals surface area contributed by atoms with Crippen molar-refractivity contribution in [3.05, 3.63) is 28.2 Å². The third-order valence-electron chi connectivity index (χ3n) is 2.40. The zero-order chi connectivity index (χ0) is 9.97. The quantitative estimate of drug-likeness (QED) is 0.712. The Morgan fingerprint density at radius 1 is 1.36 bits per heavy atom. The lowest BCUT2D eigenvalue weighted by Gasteiger charge is -2.25. The van der Waals surface area contributed by atoms with Crippen molar-refractivity contribution in [3.8, 4) is 5.75 Å². The zero-order valence-electron chi connectivity index (χ0n) is 7.76. The van der Waals surface area contributed by atoms with E-state index in [2.05, 4.69) is 26.6 Å². The second-order valence-corrected chi connectivity index (χ2v) is 4.27. The van der Waals surface area contributed by atoms with Crippen molar-refractivity contribution in [1.82, 2.24) is 10.6 Å². The highest BCUT2D eigenvalue weighted by atomic mass is 79.9. The van der Waals surface area contributed by atoms with Crippen molar-refractivity contribution in [3.63, 3.8) is 0 Å². The first kappa shape index (κ1) is 9.96. The number of hydrogen-bond donors (Lipinski definition) is 3. The van der Waals surface area contributed by atoms with E-state index in [0.717, 1.165) is 29.7 Å². The minimum atomic E-state index is 0.283. The van der Waals surface area contributed by atoms with Crippen LogP contribution >= 0.6 is 15.9 Å². The van der Waals surface area contributed by atoms with E-state index in [-0.39, 0.29) is 6.04 Å². The zero-order valence-corrected chi connectivity index (χ0v) is 9.34. The molecule has 1 aliphatic heterocycles. The van der Waals surface area contributed by atoms with Crippen LogP contribution in [0, 0.1) is 0 Å². The fourth-order valence-electron chi connectivity index (χ4n) is 1.67. The maximum absolute atomic E-state index is 9.40. The molecule has 2 rings (SSSR count). The Morgan fingerprint density at radius 2 is 2.21 bits per heavy atom. The molecule has 1 fully saturated rings. The molecule has 76 valence electrons. The van der Waals surface area contributed by atoms with E-state index in [4.69, 9.17) is 0 Å². The van der Waals surface area contributed by atoms with Crippen molar-refractivity contribution in [1.29, 1.82) is 0 Å². The molecule has 0 amide bonds. The van der Waals surface area contributed by atoms with Gasteiger partial charge in [0.25, 0.3) is 0 Å². The van der Waals surface area contributed by atoms with Crippen molar-refractivity contribution >= 4 is 15.9 Å². The van der Waals surface area contributed by atoms with Gasteiger partial charge in [-0.25, -0.2) is 0 Å². The van der Waals surface area contributed by atoms with E-state index >= 15 is 0 Å². The second-order valence-electron chi connectivity index (χ2n) is 3.42. The lowest BCUT2D eigenvalue weighted by molar-refractivity contribution is 0.425. The van der Waals surface area contributed by atoms with E-state index in [1.807, 2.05) is 6.07 Å². The Morgan fingerprint density at radius 3 is 2.93 bits per heavy atom. The van der Waals surface area contributed by atoms with Crippen molar-refractivity contribution < 1.29 is 5.11 Å². The molecule has 0 bridgehead atoms. The van der Waals surface area contributed by atoms with Gasteiger partial charge in [-0.05, 0) is 23.8 Å². The Balaban J connectivity index is 2.24. The smallest absolute Gasteiger partial charge is 0.115 e. The van der Waals surface area contributed by atoms with Crippen molar-refractivity contribution in [2.45, 2.75) is 6.04 Å². The van der Waals surface area contributed by atoms with Crippen molar-refractivity contribution in [2.75, 3.05) is 19.6 Å². The molecule has 3 N–H and O–H groups in total. The van der Waals surface area contributed by atoms with Crippen LogP contribution in [0.25, 0.3) is 0 Å². The van der Waals surface area contributed by atoms with Crippen LogP contribution in [-0.4, -0.2) is 24.7 Å². The largest absolute Gasteiger partial charge is 0.508 e. The van der Waals surface area contributed by atoms with Crippen LogP contribution in [0.2, 0.25) is 0 Å². The highest BCUT2D eigenvalue weighted by Crippen LogP contribution is 2.27. The Hall–Kier alpha value is -0.580. The monoisotopic (exact) mass is 256 g/mol. The van der Waals surface area contributed by atoms with Crippen LogP contribution in [-0.2, 0) is 0 Å². The third-order valence-corrected chi connectivity index (χ3v) is 3.12. The minimum absolute atomic E-state index is 0.283. The summed E-state index contributed by atoms with van der Waals surface area (Å²) in [6.45, 7) is 2.88. The number of benzene rings is 1. The molecule has 1 aliphatic rings. The van der Waals surface area contributed by atoms with Gasteiger partial charge in [-0.15, -0.1) is 0 Å². The topological polar surface area (TPSA) is 44.3 Å². The number of hydrogen-bond acceptors (Lipinski definition) is 3. The number of phenolic OH excluding ortho intramolecular Hbond substituents is 1. The first-order valence-electron chi connectivity index (χ1n) is 4.70. The molecule has 0 unspecified atom stereocenters. The standard InChI is InChI=1S/C10H13BrN2O/c11-9-2-1-7(14)5-8(9)10-6-12-3-4-13-10/h1-2,5,10,12-14H,3-4,6H2/t10-/m0/s1. The Labute approximate surface area is 91.6 Å². The van der Waals surface area contributed by atoms with Crippen LogP contribution in [0.1, 0.15) is 11.6 Å². The minimum Gasteiger partial charge on any atom is -0.508 e. The SMILES string of the molecule is Oc1ccc(Br)c([C@@H]2CNCCN2)c1. The van der Waals surface area contributed by atoms with Crippen LogP contribution in [0.4, 0.5) is 0 Å². The average Bonchev–Trinajstić information content (AvgIpc) is 2.23. The Bertz CT molecular complexity index is 324. The Kier molecular flexibility index (Phi) is 3.05. The predicted molar refractivity (Wildman–Crippen MR) is 59.4 cm³/mol. The number of phenols is 1. The van der Waals surface area contributed by atoms with E-state index in [9.17, 15) is 5.11 Å². The van der Waals surface area contributed by atoms with E-state index in [1.54, 1.807) is 12.1 Å². The molecule has 1 heterocycles. The van der Waals surface area contributed by atoms with Crippen LogP contribution in [0.5, 0.6) is 5.75 Å². The maximum atomic E-state index is 9.40. The first-order chi connectivity index (χ1) is 6.77. The summed E-state index contributed by atoms with van der Waals surface area (Å²) >= 11 is 3.49. The van der Waals surface area contributed by atoms with Gasteiger partial charge in [0.05, 0.1) is 0 Å². The molecule has 0 spiro atoms. The number of halogens is 1. The van der Waals surface area contributed by atoms with Gasteiger partial charge in [0.15, 0.2) is 0 Å². The van der Waals surface area contributed by atoms with Gasteiger partial charge < -0.3 is 15.7 Å². The van der Waals surface area contributed by atoms with Gasteiger partial charge >= 0.3 is 0 Å². The summed E-state index contributed by atoms with van der Waals surface area (Å²) in [7, 11) is 0. The number of nitrogens with one attached hydrogen (secondary N) is 2. The fourth-order valence-corrected chi connectivity index (χ4v) is 2.19. The lowest BCUT2D eigenvalue weighted by Crippen LogP contribution is -2.42. The highest BCUT2D eigenvalue weighted by molar-refractivity contribution is 9.10. The fraction of sp³-hybridized carbons (Fsp3) is 0.400. The highest BCUT2D eigenvalue weighted by Gasteiger charge is 2.16. The average molecular weight is 257 g/mol. The van der Waals surface area contributed by atoms with Crippen LogP contribution < -0.4 is 10.6 Å². The molecule has 0 aliphatic carbocycles. The molecule has 1 aromatic rings. The maximum Gasteiger partial charge on any atom is 0.115 e. The number of aromatic hydroxyl groups is 1. The molecule has 0 aromatic heterocycles. The molecule has 0 radical (unpaired) electrons. The van der Waals surface area contributed by atoms with Gasteiger partial charge in [-0.1, -0.05) is 15.9 Å². The lowest BCUT2D eigenvalue weighted by atomic mass is 10.1. The summed E-state index contributed by atoms with van der Waals surface area (Å²) < 4.78 is 1.04. The molecule has 1 saturated heterocycles. The molecule has 1 aromatic carbocycles. The van der Waals surface area contributed by atoms with Gasteiger partial charge in [0.2, 0.25) is 0 Å². The van der Waals surface area contributed by atoms with E-state index in [1.165, 1.54) is 0 Å². The van der Waals surface area contributed by atoms with E-state index in [0.29, 0.717) is 5.75 Å². The molecule has 3 nitrogen and oxygen atoms in total. The second kappa shape index (κ2) is 4.29. The number of rotatable bonds is 1. The summed E-state index contributed by atoms with van der Waals surface area (Å²) in [5.74, 6) is 0.315. The van der Waals surface area contributed by atoms with Crippen molar-refractivity contribution in [2.24, 2.45) is 0 Å². The predicted octanol–water partition coefficient (Wildman–Crippen LogP) is 1.39. The van der Waals surface area contributed by atoms with Gasteiger partial charge in [-0.2, -0.15) is 0 Å². The van der Waals surface area contributed by atoms with Crippen LogP contribution in [0.15, 0.2) is 22.7 Å². The molecular formula is C10H13BrN2O. The van der Waals surface area contributed by atoms with Gasteiger partial charge in [0, 0.05) is 30.1 Å². The third kappa shape index (κ3) is 2.08. The van der Waals surface area contributed by atoms with Gasteiger partial charge in [0.1, 0.15) is 5.75 Å². The summed E-state index contributed by atoms with van der Waals surface area (Å²) in [6, 6.07) is 5.64. The van der Waals surface area contributed by atoms with Crippen LogP contribution in [0.3, 0.4) is 0 Å². The van der Waals surface area contributed by atoms with Gasteiger partial charge in [-0.3, -0.25) is 0 Å². The normalized spacial score (nSPS) is 22.2. The first-order valence-corrected chi connectivity index (χ1v) is 5.49. The molecule has 4 heteroatoms. The summed E-state index contributed by atoms with van der Waals surface area (Å²) in [4.78, 5) is 0. The molecular weight excluding hydrogens is 244 g/mol. The summed E-state index contributed by atoms with van der Waals surface area (Å²) in [6.07, 6.45) is 0. The number of piperazine rings is 1.